The summed E-state index contributed by atoms with van der Waals surface area (Å²) in [5, 5.41) is 4.79. The van der Waals surface area contributed by atoms with Crippen LogP contribution in [0.5, 0.6) is 0 Å². The van der Waals surface area contributed by atoms with E-state index in [9.17, 15) is 0 Å². The van der Waals surface area contributed by atoms with Gasteiger partial charge in [0.1, 0.15) is 0 Å². The predicted molar refractivity (Wildman–Crippen MR) is 101 cm³/mol. The van der Waals surface area contributed by atoms with Gasteiger partial charge in [-0.25, -0.2) is 0 Å². The molecular formula is C20H27Cl2N. The van der Waals surface area contributed by atoms with Crippen molar-refractivity contribution < 1.29 is 0 Å². The molecular weight excluding hydrogens is 325 g/mol. The summed E-state index contributed by atoms with van der Waals surface area (Å²) < 4.78 is 0. The molecule has 1 nitrogen and oxygen atoms in total. The molecule has 1 aliphatic heterocycles. The van der Waals surface area contributed by atoms with Crippen LogP contribution >= 0.6 is 23.2 Å². The third-order valence-corrected chi connectivity index (χ3v) is 6.19. The van der Waals surface area contributed by atoms with Gasteiger partial charge in [-0.05, 0) is 86.2 Å². The van der Waals surface area contributed by atoms with Gasteiger partial charge in [-0.2, -0.15) is 0 Å². The van der Waals surface area contributed by atoms with Crippen molar-refractivity contribution in [3.05, 3.63) is 39.4 Å². The van der Waals surface area contributed by atoms with Crippen LogP contribution in [0.3, 0.4) is 0 Å². The number of allylic oxidation sites excluding steroid dienone is 2. The standard InChI is InChI=1S/C20H27Cl2N/c1-20(2)8-5-16(11-14-6-9-23-10-7-14)17(13-20)15-3-4-18(21)19(22)12-15/h3-4,12,14,23H,5-11,13H2,1-2H3. The topological polar surface area (TPSA) is 12.0 Å². The van der Waals surface area contributed by atoms with Gasteiger partial charge >= 0.3 is 0 Å². The van der Waals surface area contributed by atoms with Crippen molar-refractivity contribution in [2.75, 3.05) is 13.1 Å². The molecule has 0 aromatic heterocycles. The minimum absolute atomic E-state index is 0.374. The molecule has 3 heteroatoms. The van der Waals surface area contributed by atoms with Crippen LogP contribution in [-0.4, -0.2) is 13.1 Å². The number of benzene rings is 1. The van der Waals surface area contributed by atoms with Crippen LogP contribution in [0, 0.1) is 11.3 Å². The van der Waals surface area contributed by atoms with Crippen LogP contribution < -0.4 is 5.32 Å². The van der Waals surface area contributed by atoms with Gasteiger partial charge in [0.05, 0.1) is 10.0 Å². The Morgan fingerprint density at radius 2 is 1.87 bits per heavy atom. The Bertz CT molecular complexity index is 598. The first-order valence-corrected chi connectivity index (χ1v) is 9.57. The average molecular weight is 352 g/mol. The molecule has 1 saturated heterocycles. The van der Waals surface area contributed by atoms with Crippen molar-refractivity contribution in [2.24, 2.45) is 11.3 Å². The summed E-state index contributed by atoms with van der Waals surface area (Å²) in [4.78, 5) is 0. The molecule has 1 fully saturated rings. The summed E-state index contributed by atoms with van der Waals surface area (Å²) in [5.74, 6) is 0.838. The van der Waals surface area contributed by atoms with Crippen molar-refractivity contribution >= 4 is 28.8 Å². The van der Waals surface area contributed by atoms with Crippen LogP contribution in [0.15, 0.2) is 23.8 Å². The minimum atomic E-state index is 0.374. The molecule has 1 heterocycles. The van der Waals surface area contributed by atoms with E-state index in [0.717, 1.165) is 12.3 Å². The Morgan fingerprint density at radius 3 is 2.57 bits per heavy atom. The van der Waals surface area contributed by atoms with Gasteiger partial charge in [0.25, 0.3) is 0 Å². The first kappa shape index (κ1) is 17.3. The number of rotatable bonds is 3. The van der Waals surface area contributed by atoms with Gasteiger partial charge in [-0.1, -0.05) is 48.7 Å². The van der Waals surface area contributed by atoms with Crippen LogP contribution in [0.2, 0.25) is 10.0 Å². The highest BCUT2D eigenvalue weighted by molar-refractivity contribution is 6.42. The van der Waals surface area contributed by atoms with Crippen molar-refractivity contribution in [2.45, 2.75) is 52.4 Å². The molecule has 0 bridgehead atoms. The minimum Gasteiger partial charge on any atom is -0.317 e. The van der Waals surface area contributed by atoms with Crippen molar-refractivity contribution in [1.29, 1.82) is 0 Å². The fraction of sp³-hybridized carbons (Fsp3) is 0.600. The van der Waals surface area contributed by atoms with E-state index >= 15 is 0 Å². The number of hydrogen-bond donors (Lipinski definition) is 1. The summed E-state index contributed by atoms with van der Waals surface area (Å²) in [7, 11) is 0. The van der Waals surface area contributed by atoms with E-state index in [1.807, 2.05) is 6.07 Å². The Morgan fingerprint density at radius 1 is 1.13 bits per heavy atom. The lowest BCUT2D eigenvalue weighted by molar-refractivity contribution is 0.316. The van der Waals surface area contributed by atoms with E-state index in [4.69, 9.17) is 23.2 Å². The maximum Gasteiger partial charge on any atom is 0.0598 e. The van der Waals surface area contributed by atoms with Crippen LogP contribution in [0.4, 0.5) is 0 Å². The second-order valence-electron chi connectivity index (χ2n) is 7.95. The summed E-state index contributed by atoms with van der Waals surface area (Å²) >= 11 is 12.4. The zero-order valence-electron chi connectivity index (χ0n) is 14.2. The van der Waals surface area contributed by atoms with Gasteiger partial charge in [0.2, 0.25) is 0 Å². The molecule has 23 heavy (non-hydrogen) atoms. The average Bonchev–Trinajstić information content (AvgIpc) is 2.53. The van der Waals surface area contributed by atoms with Crippen molar-refractivity contribution in [3.63, 3.8) is 0 Å². The molecule has 0 spiro atoms. The van der Waals surface area contributed by atoms with Gasteiger partial charge in [0.15, 0.2) is 0 Å². The summed E-state index contributed by atoms with van der Waals surface area (Å²) in [5.41, 5.74) is 4.84. The van der Waals surface area contributed by atoms with E-state index in [-0.39, 0.29) is 0 Å². The summed E-state index contributed by atoms with van der Waals surface area (Å²) in [6, 6.07) is 6.15. The molecule has 2 aliphatic rings. The number of piperidine rings is 1. The van der Waals surface area contributed by atoms with Crippen molar-refractivity contribution in [1.82, 2.24) is 5.32 Å². The Labute approximate surface area is 150 Å². The van der Waals surface area contributed by atoms with E-state index in [2.05, 4.69) is 31.3 Å². The van der Waals surface area contributed by atoms with Crippen molar-refractivity contribution in [3.8, 4) is 0 Å². The van der Waals surface area contributed by atoms with Gasteiger partial charge in [-0.3, -0.25) is 0 Å². The lowest BCUT2D eigenvalue weighted by atomic mass is 9.70. The maximum atomic E-state index is 6.28. The molecule has 0 radical (unpaired) electrons. The Balaban J connectivity index is 1.91. The summed E-state index contributed by atoms with van der Waals surface area (Å²) in [6.07, 6.45) is 7.53. The quantitative estimate of drug-likeness (QED) is 0.669. The Hall–Kier alpha value is -0.500. The van der Waals surface area contributed by atoms with Gasteiger partial charge in [0, 0.05) is 0 Å². The first-order chi connectivity index (χ1) is 10.9. The lowest BCUT2D eigenvalue weighted by Crippen LogP contribution is -2.28. The van der Waals surface area contributed by atoms with E-state index in [0.29, 0.717) is 15.5 Å². The number of halogens is 2. The molecule has 1 N–H and O–H groups in total. The molecule has 3 rings (SSSR count). The number of hydrogen-bond acceptors (Lipinski definition) is 1. The molecule has 1 aliphatic carbocycles. The maximum absolute atomic E-state index is 6.28. The highest BCUT2D eigenvalue weighted by Gasteiger charge is 2.29. The zero-order valence-corrected chi connectivity index (χ0v) is 15.7. The highest BCUT2D eigenvalue weighted by Crippen LogP contribution is 2.45. The third-order valence-electron chi connectivity index (χ3n) is 5.45. The van der Waals surface area contributed by atoms with Crippen LogP contribution in [0.25, 0.3) is 5.57 Å². The second kappa shape index (κ2) is 7.17. The normalized spacial score (nSPS) is 22.4. The number of nitrogens with one attached hydrogen (secondary N) is 1. The first-order valence-electron chi connectivity index (χ1n) is 8.82. The zero-order chi connectivity index (χ0) is 16.4. The monoisotopic (exact) mass is 351 g/mol. The van der Waals surface area contributed by atoms with Gasteiger partial charge in [-0.15, -0.1) is 0 Å². The molecule has 0 atom stereocenters. The fourth-order valence-corrected chi connectivity index (χ4v) is 4.28. The smallest absolute Gasteiger partial charge is 0.0598 e. The Kier molecular flexibility index (Phi) is 5.40. The van der Waals surface area contributed by atoms with E-state index in [1.54, 1.807) is 5.57 Å². The highest BCUT2D eigenvalue weighted by atomic mass is 35.5. The van der Waals surface area contributed by atoms with Crippen LogP contribution in [-0.2, 0) is 0 Å². The largest absolute Gasteiger partial charge is 0.317 e. The fourth-order valence-electron chi connectivity index (χ4n) is 3.98. The molecule has 0 saturated carbocycles. The summed E-state index contributed by atoms with van der Waals surface area (Å²) in [6.45, 7) is 7.11. The van der Waals surface area contributed by atoms with Crippen LogP contribution in [0.1, 0.15) is 57.9 Å². The van der Waals surface area contributed by atoms with E-state index < -0.39 is 0 Å². The lowest BCUT2D eigenvalue weighted by Gasteiger charge is -2.35. The molecule has 126 valence electrons. The molecule has 1 aromatic rings. The molecule has 0 unspecified atom stereocenters. The molecule has 1 aromatic carbocycles. The van der Waals surface area contributed by atoms with E-state index in [1.165, 1.54) is 56.3 Å². The predicted octanol–water partition coefficient (Wildman–Crippen LogP) is 6.35. The SMILES string of the molecule is CC1(C)CCC(CC2CCNCC2)=C(c2ccc(Cl)c(Cl)c2)C1. The third kappa shape index (κ3) is 4.32. The second-order valence-corrected chi connectivity index (χ2v) is 8.76. The van der Waals surface area contributed by atoms with Gasteiger partial charge < -0.3 is 5.32 Å². The molecule has 0 amide bonds.